The van der Waals surface area contributed by atoms with Crippen molar-refractivity contribution in [1.29, 1.82) is 0 Å². The summed E-state index contributed by atoms with van der Waals surface area (Å²) in [4.78, 5) is 11.3. The van der Waals surface area contributed by atoms with E-state index in [0.717, 1.165) is 32.5 Å². The van der Waals surface area contributed by atoms with Crippen LogP contribution in [0, 0.1) is 3.57 Å². The first kappa shape index (κ1) is 12.4. The Balaban J connectivity index is 2.09. The lowest BCUT2D eigenvalue weighted by Crippen LogP contribution is -2.10. The Hall–Kier alpha value is -1.62. The first-order valence-electron chi connectivity index (χ1n) is 5.98. The van der Waals surface area contributed by atoms with E-state index in [1.807, 2.05) is 54.6 Å². The van der Waals surface area contributed by atoms with Gasteiger partial charge in [-0.05, 0) is 40.8 Å². The first-order valence-corrected chi connectivity index (χ1v) is 7.06. The van der Waals surface area contributed by atoms with Gasteiger partial charge in [-0.15, -0.1) is 0 Å². The average Bonchev–Trinajstić information content (AvgIpc) is 2.46. The summed E-state index contributed by atoms with van der Waals surface area (Å²) in [5, 5.41) is 0. The molecule has 0 N–H and O–H groups in total. The van der Waals surface area contributed by atoms with E-state index in [1.165, 1.54) is 0 Å². The summed E-state index contributed by atoms with van der Waals surface area (Å²) in [6.45, 7) is 0. The van der Waals surface area contributed by atoms with Gasteiger partial charge in [0.25, 0.3) is 0 Å². The second-order valence-electron chi connectivity index (χ2n) is 4.31. The lowest BCUT2D eigenvalue weighted by atomic mass is 9.95. The van der Waals surface area contributed by atoms with Crippen molar-refractivity contribution in [3.8, 4) is 5.75 Å². The van der Waals surface area contributed by atoms with E-state index in [0.29, 0.717) is 0 Å². The fraction of sp³-hybridized carbons (Fsp3) is 0.0625. The maximum atomic E-state index is 11.3. The van der Waals surface area contributed by atoms with Gasteiger partial charge < -0.3 is 9.53 Å². The Bertz CT molecular complexity index is 661. The van der Waals surface area contributed by atoms with Gasteiger partial charge in [0, 0.05) is 14.7 Å². The molecule has 2 nitrogen and oxygen atoms in total. The molecule has 0 bridgehead atoms. The Morgan fingerprint density at radius 1 is 1.05 bits per heavy atom. The minimum absolute atomic E-state index is 0.240. The molecule has 0 aliphatic carbocycles. The minimum Gasteiger partial charge on any atom is -0.457 e. The SMILES string of the molecule is O=CC1C=C(c2ccccc2I)Oc2ccccc21. The second-order valence-corrected chi connectivity index (χ2v) is 5.47. The summed E-state index contributed by atoms with van der Waals surface area (Å²) in [6.07, 6.45) is 2.84. The van der Waals surface area contributed by atoms with Crippen LogP contribution in [0.3, 0.4) is 0 Å². The number of carbonyl (C=O) groups excluding carboxylic acids is 1. The number of fused-ring (bicyclic) bond motifs is 1. The van der Waals surface area contributed by atoms with Gasteiger partial charge in [-0.25, -0.2) is 0 Å². The predicted molar refractivity (Wildman–Crippen MR) is 83.0 cm³/mol. The molecule has 0 aromatic heterocycles. The van der Waals surface area contributed by atoms with Gasteiger partial charge in [-0.2, -0.15) is 0 Å². The second kappa shape index (κ2) is 5.17. The highest BCUT2D eigenvalue weighted by molar-refractivity contribution is 14.1. The van der Waals surface area contributed by atoms with E-state index >= 15 is 0 Å². The molecule has 2 aromatic rings. The highest BCUT2D eigenvalue weighted by atomic mass is 127. The van der Waals surface area contributed by atoms with Crippen LogP contribution in [0.25, 0.3) is 5.76 Å². The predicted octanol–water partition coefficient (Wildman–Crippen LogP) is 4.01. The van der Waals surface area contributed by atoms with Gasteiger partial charge in [0.2, 0.25) is 0 Å². The molecule has 1 aliphatic heterocycles. The third-order valence-electron chi connectivity index (χ3n) is 3.11. The number of halogens is 1. The van der Waals surface area contributed by atoms with Crippen molar-refractivity contribution in [3.63, 3.8) is 0 Å². The monoisotopic (exact) mass is 362 g/mol. The molecule has 3 rings (SSSR count). The molecule has 0 saturated carbocycles. The molecule has 1 unspecified atom stereocenters. The lowest BCUT2D eigenvalue weighted by Gasteiger charge is -2.22. The standard InChI is InChI=1S/C16H11IO2/c17-14-7-3-1-6-13(14)16-9-11(10-18)12-5-2-4-8-15(12)19-16/h1-11H. The minimum atomic E-state index is -0.240. The van der Waals surface area contributed by atoms with Crippen LogP contribution >= 0.6 is 22.6 Å². The van der Waals surface area contributed by atoms with Crippen molar-refractivity contribution in [2.45, 2.75) is 5.92 Å². The summed E-state index contributed by atoms with van der Waals surface area (Å²) < 4.78 is 7.04. The fourth-order valence-electron chi connectivity index (χ4n) is 2.17. The number of allylic oxidation sites excluding steroid dienone is 1. The Labute approximate surface area is 125 Å². The number of para-hydroxylation sites is 1. The van der Waals surface area contributed by atoms with E-state index in [9.17, 15) is 4.79 Å². The van der Waals surface area contributed by atoms with Gasteiger partial charge in [0.15, 0.2) is 0 Å². The molecular formula is C16H11IO2. The normalized spacial score (nSPS) is 17.1. The summed E-state index contributed by atoms with van der Waals surface area (Å²) >= 11 is 2.27. The quantitative estimate of drug-likeness (QED) is 0.596. The van der Waals surface area contributed by atoms with E-state index in [4.69, 9.17) is 4.74 Å². The summed E-state index contributed by atoms with van der Waals surface area (Å²) in [7, 11) is 0. The van der Waals surface area contributed by atoms with Crippen molar-refractivity contribution in [2.24, 2.45) is 0 Å². The fourth-order valence-corrected chi connectivity index (χ4v) is 2.83. The van der Waals surface area contributed by atoms with Crippen LogP contribution in [-0.2, 0) is 4.79 Å². The zero-order chi connectivity index (χ0) is 13.2. The van der Waals surface area contributed by atoms with Crippen molar-refractivity contribution < 1.29 is 9.53 Å². The van der Waals surface area contributed by atoms with Gasteiger partial charge in [-0.3, -0.25) is 0 Å². The molecule has 0 radical (unpaired) electrons. The average molecular weight is 362 g/mol. The number of rotatable bonds is 2. The van der Waals surface area contributed by atoms with Crippen LogP contribution in [-0.4, -0.2) is 6.29 Å². The molecular weight excluding hydrogens is 351 g/mol. The molecule has 3 heteroatoms. The summed E-state index contributed by atoms with van der Waals surface area (Å²) in [5.41, 5.74) is 1.94. The number of carbonyl (C=O) groups is 1. The molecule has 2 aromatic carbocycles. The molecule has 19 heavy (non-hydrogen) atoms. The number of ether oxygens (including phenoxy) is 1. The maximum absolute atomic E-state index is 11.3. The molecule has 1 atom stereocenters. The van der Waals surface area contributed by atoms with Crippen LogP contribution in [0.15, 0.2) is 54.6 Å². The third kappa shape index (κ3) is 2.30. The maximum Gasteiger partial charge on any atom is 0.132 e. The number of hydrogen-bond donors (Lipinski definition) is 0. The largest absolute Gasteiger partial charge is 0.457 e. The summed E-state index contributed by atoms with van der Waals surface area (Å²) in [6, 6.07) is 15.6. The topological polar surface area (TPSA) is 26.3 Å². The molecule has 0 amide bonds. The Morgan fingerprint density at radius 3 is 2.58 bits per heavy atom. The number of benzene rings is 2. The number of aldehydes is 1. The van der Waals surface area contributed by atoms with Crippen molar-refractivity contribution in [3.05, 3.63) is 69.3 Å². The van der Waals surface area contributed by atoms with Crippen molar-refractivity contribution >= 4 is 34.6 Å². The zero-order valence-electron chi connectivity index (χ0n) is 10.0. The van der Waals surface area contributed by atoms with Crippen LogP contribution in [0.2, 0.25) is 0 Å². The first-order chi connectivity index (χ1) is 9.29. The zero-order valence-corrected chi connectivity index (χ0v) is 12.2. The van der Waals surface area contributed by atoms with E-state index in [1.54, 1.807) is 0 Å². The van der Waals surface area contributed by atoms with Gasteiger partial charge in [-0.1, -0.05) is 36.4 Å². The van der Waals surface area contributed by atoms with Gasteiger partial charge >= 0.3 is 0 Å². The molecule has 0 saturated heterocycles. The van der Waals surface area contributed by atoms with E-state index < -0.39 is 0 Å². The smallest absolute Gasteiger partial charge is 0.132 e. The molecule has 94 valence electrons. The van der Waals surface area contributed by atoms with Crippen LogP contribution in [0.1, 0.15) is 17.0 Å². The Morgan fingerprint density at radius 2 is 1.79 bits per heavy atom. The van der Waals surface area contributed by atoms with Crippen molar-refractivity contribution in [1.82, 2.24) is 0 Å². The number of hydrogen-bond acceptors (Lipinski definition) is 2. The van der Waals surface area contributed by atoms with Crippen LogP contribution in [0.4, 0.5) is 0 Å². The third-order valence-corrected chi connectivity index (χ3v) is 4.06. The lowest BCUT2D eigenvalue weighted by molar-refractivity contribution is -0.108. The molecule has 0 spiro atoms. The highest BCUT2D eigenvalue weighted by Gasteiger charge is 2.22. The summed E-state index contributed by atoms with van der Waals surface area (Å²) in [5.74, 6) is 1.27. The molecule has 0 fully saturated rings. The van der Waals surface area contributed by atoms with Crippen molar-refractivity contribution in [2.75, 3.05) is 0 Å². The molecule has 1 aliphatic rings. The van der Waals surface area contributed by atoms with E-state index in [-0.39, 0.29) is 5.92 Å². The van der Waals surface area contributed by atoms with Gasteiger partial charge in [0.05, 0.1) is 5.92 Å². The molecule has 1 heterocycles. The van der Waals surface area contributed by atoms with Crippen LogP contribution in [0.5, 0.6) is 5.75 Å². The van der Waals surface area contributed by atoms with E-state index in [2.05, 4.69) is 22.6 Å². The van der Waals surface area contributed by atoms with Gasteiger partial charge in [0.1, 0.15) is 17.8 Å². The van der Waals surface area contributed by atoms with Crippen LogP contribution < -0.4 is 4.74 Å². The highest BCUT2D eigenvalue weighted by Crippen LogP contribution is 2.37. The Kier molecular flexibility index (Phi) is 3.38.